The lowest BCUT2D eigenvalue weighted by Crippen LogP contribution is -2.52. The summed E-state index contributed by atoms with van der Waals surface area (Å²) in [4.78, 5) is 31.6. The van der Waals surface area contributed by atoms with E-state index in [9.17, 15) is 9.59 Å². The molecule has 1 aliphatic heterocycles. The van der Waals surface area contributed by atoms with Crippen LogP contribution in [0.4, 0.5) is 0 Å². The molecule has 6 heteroatoms. The van der Waals surface area contributed by atoms with Gasteiger partial charge in [-0.05, 0) is 32.3 Å². The number of carbonyl (C=O) groups excluding carboxylic acids is 2. The van der Waals surface area contributed by atoms with Crippen molar-refractivity contribution in [2.24, 2.45) is 0 Å². The average molecular weight is 341 g/mol. The molecule has 0 saturated carbocycles. The van der Waals surface area contributed by atoms with Gasteiger partial charge < -0.3 is 14.2 Å². The lowest BCUT2D eigenvalue weighted by atomic mass is 9.89. The van der Waals surface area contributed by atoms with E-state index in [0.29, 0.717) is 13.0 Å². The summed E-state index contributed by atoms with van der Waals surface area (Å²) in [6.07, 6.45) is 4.95. The summed E-state index contributed by atoms with van der Waals surface area (Å²) in [5.41, 5.74) is 0.716. The molecule has 1 saturated heterocycles. The van der Waals surface area contributed by atoms with Crippen LogP contribution in [0.15, 0.2) is 42.9 Å². The molecule has 1 amide bonds. The topological polar surface area (TPSA) is 64.4 Å². The molecule has 2 aromatic rings. The zero-order chi connectivity index (χ0) is 18.0. The zero-order valence-corrected chi connectivity index (χ0v) is 14.8. The number of rotatable bonds is 4. The van der Waals surface area contributed by atoms with Gasteiger partial charge >= 0.3 is 5.97 Å². The maximum atomic E-state index is 13.6. The third kappa shape index (κ3) is 2.92. The highest BCUT2D eigenvalue weighted by molar-refractivity contribution is 5.92. The molecular weight excluding hydrogens is 318 g/mol. The highest BCUT2D eigenvalue weighted by atomic mass is 16.5. The van der Waals surface area contributed by atoms with Crippen molar-refractivity contribution in [3.63, 3.8) is 0 Å². The van der Waals surface area contributed by atoms with Gasteiger partial charge in [-0.15, -0.1) is 0 Å². The fraction of sp³-hybridized carbons (Fsp3) is 0.421. The van der Waals surface area contributed by atoms with E-state index in [-0.39, 0.29) is 11.9 Å². The van der Waals surface area contributed by atoms with Crippen molar-refractivity contribution < 1.29 is 14.3 Å². The molecule has 0 aliphatic carbocycles. The van der Waals surface area contributed by atoms with Gasteiger partial charge in [0.1, 0.15) is 11.6 Å². The van der Waals surface area contributed by atoms with Crippen molar-refractivity contribution in [1.82, 2.24) is 14.5 Å². The standard InChI is InChI=1S/C19H23N3O3/c1-14-12-21(13-20-14)19(2,15-8-5-4-6-9-15)18(24)22-11-7-10-16(22)17(23)25-3/h4-6,8-9,12-13,16H,7,10-11H2,1-3H3. The summed E-state index contributed by atoms with van der Waals surface area (Å²) < 4.78 is 6.72. The molecule has 6 nitrogen and oxygen atoms in total. The second-order valence-electron chi connectivity index (χ2n) is 6.54. The number of imidazole rings is 1. The predicted molar refractivity (Wildman–Crippen MR) is 92.9 cm³/mol. The molecular formula is C19H23N3O3. The zero-order valence-electron chi connectivity index (χ0n) is 14.8. The maximum absolute atomic E-state index is 13.6. The Hall–Kier alpha value is -2.63. The number of carbonyl (C=O) groups is 2. The summed E-state index contributed by atoms with van der Waals surface area (Å²) in [6.45, 7) is 4.31. The highest BCUT2D eigenvalue weighted by Crippen LogP contribution is 2.32. The molecule has 0 bridgehead atoms. The molecule has 2 unspecified atom stereocenters. The SMILES string of the molecule is COC(=O)C1CCCN1C(=O)C(C)(c1ccccc1)n1cnc(C)c1. The molecule has 1 aliphatic rings. The minimum Gasteiger partial charge on any atom is -0.467 e. The molecule has 1 aromatic heterocycles. The van der Waals surface area contributed by atoms with Crippen LogP contribution < -0.4 is 0 Å². The van der Waals surface area contributed by atoms with Gasteiger partial charge in [0.05, 0.1) is 19.1 Å². The summed E-state index contributed by atoms with van der Waals surface area (Å²) in [5.74, 6) is -0.480. The number of methoxy groups -OCH3 is 1. The molecule has 0 radical (unpaired) electrons. The van der Waals surface area contributed by atoms with Crippen LogP contribution in [-0.4, -0.2) is 46.0 Å². The molecule has 25 heavy (non-hydrogen) atoms. The summed E-state index contributed by atoms with van der Waals surface area (Å²) in [6, 6.07) is 9.07. The van der Waals surface area contributed by atoms with Crippen LogP contribution in [0, 0.1) is 6.92 Å². The number of benzene rings is 1. The smallest absolute Gasteiger partial charge is 0.328 e. The third-order valence-electron chi connectivity index (χ3n) is 4.97. The number of aromatic nitrogens is 2. The Morgan fingerprint density at radius 3 is 2.60 bits per heavy atom. The molecule has 0 spiro atoms. The van der Waals surface area contributed by atoms with E-state index in [2.05, 4.69) is 4.98 Å². The summed E-state index contributed by atoms with van der Waals surface area (Å²) in [7, 11) is 1.36. The Bertz CT molecular complexity index is 771. The van der Waals surface area contributed by atoms with E-state index in [1.807, 2.05) is 54.9 Å². The van der Waals surface area contributed by atoms with Gasteiger partial charge in [0.15, 0.2) is 0 Å². The maximum Gasteiger partial charge on any atom is 0.328 e. The van der Waals surface area contributed by atoms with Gasteiger partial charge in [-0.25, -0.2) is 9.78 Å². The second kappa shape index (κ2) is 6.70. The van der Waals surface area contributed by atoms with Crippen molar-refractivity contribution in [3.05, 3.63) is 54.1 Å². The molecule has 132 valence electrons. The number of nitrogens with zero attached hydrogens (tertiary/aromatic N) is 3. The van der Waals surface area contributed by atoms with Crippen LogP contribution in [0.5, 0.6) is 0 Å². The van der Waals surface area contributed by atoms with Crippen molar-refractivity contribution >= 4 is 11.9 Å². The Labute approximate surface area is 147 Å². The number of amides is 1. The minimum atomic E-state index is -0.973. The molecule has 1 fully saturated rings. The molecule has 3 rings (SSSR count). The second-order valence-corrected chi connectivity index (χ2v) is 6.54. The minimum absolute atomic E-state index is 0.121. The normalized spacial score (nSPS) is 19.5. The largest absolute Gasteiger partial charge is 0.467 e. The Morgan fingerprint density at radius 1 is 1.28 bits per heavy atom. The van der Waals surface area contributed by atoms with E-state index < -0.39 is 11.6 Å². The van der Waals surface area contributed by atoms with Gasteiger partial charge in [0.2, 0.25) is 0 Å². The first-order valence-electron chi connectivity index (χ1n) is 8.44. The predicted octanol–water partition coefficient (Wildman–Crippen LogP) is 2.12. The monoisotopic (exact) mass is 341 g/mol. The molecule has 1 aromatic carbocycles. The van der Waals surface area contributed by atoms with Crippen LogP contribution in [0.2, 0.25) is 0 Å². The van der Waals surface area contributed by atoms with Crippen LogP contribution in [-0.2, 0) is 19.9 Å². The molecule has 2 heterocycles. The Balaban J connectivity index is 2.06. The van der Waals surface area contributed by atoms with Crippen LogP contribution in [0.1, 0.15) is 31.0 Å². The van der Waals surface area contributed by atoms with Crippen molar-refractivity contribution in [2.75, 3.05) is 13.7 Å². The van der Waals surface area contributed by atoms with E-state index in [1.165, 1.54) is 7.11 Å². The quantitative estimate of drug-likeness (QED) is 0.799. The fourth-order valence-corrected chi connectivity index (χ4v) is 3.48. The third-order valence-corrected chi connectivity index (χ3v) is 4.97. The van der Waals surface area contributed by atoms with Gasteiger partial charge in [-0.3, -0.25) is 4.79 Å². The van der Waals surface area contributed by atoms with Gasteiger partial charge in [-0.2, -0.15) is 0 Å². The van der Waals surface area contributed by atoms with E-state index in [0.717, 1.165) is 17.7 Å². The van der Waals surface area contributed by atoms with Gasteiger partial charge in [0, 0.05) is 12.7 Å². The van der Waals surface area contributed by atoms with Gasteiger partial charge in [0.25, 0.3) is 5.91 Å². The lowest BCUT2D eigenvalue weighted by molar-refractivity contribution is -0.153. The van der Waals surface area contributed by atoms with E-state index in [4.69, 9.17) is 4.74 Å². The lowest BCUT2D eigenvalue weighted by Gasteiger charge is -2.36. The number of hydrogen-bond acceptors (Lipinski definition) is 4. The van der Waals surface area contributed by atoms with Crippen molar-refractivity contribution in [3.8, 4) is 0 Å². The average Bonchev–Trinajstić information content (AvgIpc) is 3.29. The van der Waals surface area contributed by atoms with Crippen molar-refractivity contribution in [2.45, 2.75) is 38.3 Å². The fourth-order valence-electron chi connectivity index (χ4n) is 3.48. The number of aryl methyl sites for hydroxylation is 1. The summed E-state index contributed by atoms with van der Waals surface area (Å²) >= 11 is 0. The first kappa shape index (κ1) is 17.2. The molecule has 0 N–H and O–H groups in total. The first-order chi connectivity index (χ1) is 12.0. The van der Waals surface area contributed by atoms with Crippen LogP contribution in [0.3, 0.4) is 0 Å². The highest BCUT2D eigenvalue weighted by Gasteiger charge is 2.45. The number of ether oxygens (including phenoxy) is 1. The Kier molecular flexibility index (Phi) is 4.61. The number of hydrogen-bond donors (Lipinski definition) is 0. The number of esters is 1. The van der Waals surface area contributed by atoms with Gasteiger partial charge in [-0.1, -0.05) is 30.3 Å². The number of likely N-dealkylation sites (tertiary alicyclic amines) is 1. The van der Waals surface area contributed by atoms with Crippen LogP contribution >= 0.6 is 0 Å². The van der Waals surface area contributed by atoms with E-state index in [1.54, 1.807) is 11.2 Å². The van der Waals surface area contributed by atoms with Crippen molar-refractivity contribution in [1.29, 1.82) is 0 Å². The summed E-state index contributed by atoms with van der Waals surface area (Å²) in [5, 5.41) is 0. The van der Waals surface area contributed by atoms with Crippen LogP contribution in [0.25, 0.3) is 0 Å². The Morgan fingerprint density at radius 2 is 2.00 bits per heavy atom. The van der Waals surface area contributed by atoms with E-state index >= 15 is 0 Å². The first-order valence-corrected chi connectivity index (χ1v) is 8.44. The molecule has 2 atom stereocenters.